The van der Waals surface area contributed by atoms with E-state index in [1.54, 1.807) is 6.20 Å². The Bertz CT molecular complexity index is 416. The summed E-state index contributed by atoms with van der Waals surface area (Å²) in [6.45, 7) is 4.50. The van der Waals surface area contributed by atoms with Crippen LogP contribution in [0.25, 0.3) is 6.08 Å². The van der Waals surface area contributed by atoms with Gasteiger partial charge in [0.15, 0.2) is 0 Å². The lowest BCUT2D eigenvalue weighted by Gasteiger charge is -2.33. The van der Waals surface area contributed by atoms with E-state index >= 15 is 0 Å². The summed E-state index contributed by atoms with van der Waals surface area (Å²) in [5.74, 6) is 0.148. The molecule has 2 heterocycles. The molecule has 18 heavy (non-hydrogen) atoms. The van der Waals surface area contributed by atoms with Crippen LogP contribution in [0.1, 0.15) is 19.0 Å². The molecule has 0 aromatic carbocycles. The number of amides is 1. The molecule has 0 unspecified atom stereocenters. The Kier molecular flexibility index (Phi) is 4.47. The zero-order valence-corrected chi connectivity index (χ0v) is 10.7. The molecular formula is C14H19N3O. The number of pyridine rings is 1. The van der Waals surface area contributed by atoms with Crippen molar-refractivity contribution in [2.45, 2.75) is 19.4 Å². The summed E-state index contributed by atoms with van der Waals surface area (Å²) in [5, 5.41) is 2.90. The van der Waals surface area contributed by atoms with Gasteiger partial charge in [-0.25, -0.2) is 0 Å². The average molecular weight is 245 g/mol. The third kappa shape index (κ3) is 3.17. The van der Waals surface area contributed by atoms with Gasteiger partial charge in [-0.3, -0.25) is 14.7 Å². The number of carbonyl (C=O) groups excluding carboxylic acids is 1. The first kappa shape index (κ1) is 12.8. The fraction of sp³-hybridized carbons (Fsp3) is 0.429. The summed E-state index contributed by atoms with van der Waals surface area (Å²) in [6.07, 6.45) is 6.70. The van der Waals surface area contributed by atoms with Gasteiger partial charge in [-0.2, -0.15) is 0 Å². The van der Waals surface area contributed by atoms with Crippen LogP contribution in [-0.2, 0) is 4.79 Å². The summed E-state index contributed by atoms with van der Waals surface area (Å²) >= 11 is 0. The van der Waals surface area contributed by atoms with E-state index in [4.69, 9.17) is 0 Å². The predicted octanol–water partition coefficient (Wildman–Crippen LogP) is 1.31. The fourth-order valence-electron chi connectivity index (χ4n) is 2.21. The van der Waals surface area contributed by atoms with E-state index in [0.717, 1.165) is 31.7 Å². The highest BCUT2D eigenvalue weighted by Gasteiger charge is 2.26. The van der Waals surface area contributed by atoms with Crippen molar-refractivity contribution in [3.05, 3.63) is 36.2 Å². The van der Waals surface area contributed by atoms with Crippen LogP contribution in [0, 0.1) is 0 Å². The van der Waals surface area contributed by atoms with Gasteiger partial charge in [0, 0.05) is 25.8 Å². The zero-order valence-electron chi connectivity index (χ0n) is 10.7. The molecule has 1 aliphatic rings. The second-order valence-electron chi connectivity index (χ2n) is 4.37. The Balaban J connectivity index is 1.92. The van der Waals surface area contributed by atoms with Gasteiger partial charge >= 0.3 is 0 Å². The highest BCUT2D eigenvalue weighted by atomic mass is 16.2. The largest absolute Gasteiger partial charge is 0.353 e. The SMILES string of the molecule is CC[C@H]1C(=O)NCCN1CC=Cc1ccccn1. The number of piperazine rings is 1. The third-order valence-corrected chi connectivity index (χ3v) is 3.14. The maximum absolute atomic E-state index is 11.7. The van der Waals surface area contributed by atoms with Crippen molar-refractivity contribution >= 4 is 12.0 Å². The molecule has 1 aromatic heterocycles. The van der Waals surface area contributed by atoms with Gasteiger partial charge in [0.2, 0.25) is 5.91 Å². The van der Waals surface area contributed by atoms with Crippen LogP contribution in [0.5, 0.6) is 0 Å². The zero-order chi connectivity index (χ0) is 12.8. The quantitative estimate of drug-likeness (QED) is 0.870. The molecule has 0 bridgehead atoms. The summed E-state index contributed by atoms with van der Waals surface area (Å²) in [4.78, 5) is 18.1. The second kappa shape index (κ2) is 6.31. The predicted molar refractivity (Wildman–Crippen MR) is 71.9 cm³/mol. The molecule has 1 saturated heterocycles. The summed E-state index contributed by atoms with van der Waals surface area (Å²) in [6, 6.07) is 5.85. The maximum Gasteiger partial charge on any atom is 0.237 e. The topological polar surface area (TPSA) is 45.2 Å². The molecule has 0 saturated carbocycles. The van der Waals surface area contributed by atoms with E-state index in [-0.39, 0.29) is 11.9 Å². The molecule has 1 aromatic rings. The minimum absolute atomic E-state index is 0.00660. The first-order valence-corrected chi connectivity index (χ1v) is 6.40. The molecule has 1 N–H and O–H groups in total. The van der Waals surface area contributed by atoms with Gasteiger partial charge < -0.3 is 5.32 Å². The van der Waals surface area contributed by atoms with E-state index in [1.807, 2.05) is 31.2 Å². The highest BCUT2D eigenvalue weighted by Crippen LogP contribution is 2.08. The summed E-state index contributed by atoms with van der Waals surface area (Å²) in [7, 11) is 0. The highest BCUT2D eigenvalue weighted by molar-refractivity contribution is 5.82. The van der Waals surface area contributed by atoms with E-state index in [0.29, 0.717) is 0 Å². The van der Waals surface area contributed by atoms with Crippen LogP contribution < -0.4 is 5.32 Å². The number of nitrogens with one attached hydrogen (secondary N) is 1. The van der Waals surface area contributed by atoms with Crippen molar-refractivity contribution < 1.29 is 4.79 Å². The lowest BCUT2D eigenvalue weighted by molar-refractivity contribution is -0.128. The number of nitrogens with zero attached hydrogens (tertiary/aromatic N) is 2. The van der Waals surface area contributed by atoms with Gasteiger partial charge in [0.1, 0.15) is 0 Å². The Hall–Kier alpha value is -1.68. The van der Waals surface area contributed by atoms with Gasteiger partial charge in [-0.1, -0.05) is 19.1 Å². The van der Waals surface area contributed by atoms with Crippen molar-refractivity contribution in [1.82, 2.24) is 15.2 Å². The Morgan fingerprint density at radius 2 is 2.44 bits per heavy atom. The summed E-state index contributed by atoms with van der Waals surface area (Å²) < 4.78 is 0. The third-order valence-electron chi connectivity index (χ3n) is 3.14. The van der Waals surface area contributed by atoms with Gasteiger partial charge in [0.25, 0.3) is 0 Å². The molecule has 1 atom stereocenters. The van der Waals surface area contributed by atoms with Crippen LogP contribution in [0.3, 0.4) is 0 Å². The van der Waals surface area contributed by atoms with Crippen molar-refractivity contribution in [2.75, 3.05) is 19.6 Å². The molecule has 1 amide bonds. The average Bonchev–Trinajstić information content (AvgIpc) is 2.40. The van der Waals surface area contributed by atoms with Crippen molar-refractivity contribution in [3.63, 3.8) is 0 Å². The van der Waals surface area contributed by atoms with Crippen LogP contribution >= 0.6 is 0 Å². The number of hydrogen-bond acceptors (Lipinski definition) is 3. The Morgan fingerprint density at radius 1 is 1.56 bits per heavy atom. The molecule has 4 heteroatoms. The molecule has 1 fully saturated rings. The number of hydrogen-bond donors (Lipinski definition) is 1. The standard InChI is InChI=1S/C14H19N3O/c1-2-13-14(18)16-9-11-17(13)10-5-7-12-6-3-4-8-15-12/h3-8,13H,2,9-11H2,1H3,(H,16,18)/t13-/m0/s1. The van der Waals surface area contributed by atoms with Gasteiger partial charge in [-0.05, 0) is 24.6 Å². The van der Waals surface area contributed by atoms with Gasteiger partial charge in [0.05, 0.1) is 11.7 Å². The second-order valence-corrected chi connectivity index (χ2v) is 4.37. The van der Waals surface area contributed by atoms with Crippen LogP contribution in [-0.4, -0.2) is 41.5 Å². The number of carbonyl (C=O) groups is 1. The van der Waals surface area contributed by atoms with Crippen LogP contribution in [0.15, 0.2) is 30.5 Å². The number of rotatable bonds is 4. The molecule has 1 aliphatic heterocycles. The lowest BCUT2D eigenvalue weighted by atomic mass is 10.1. The normalized spacial score (nSPS) is 21.2. The van der Waals surface area contributed by atoms with Crippen molar-refractivity contribution in [3.8, 4) is 0 Å². The molecule has 0 aliphatic carbocycles. The summed E-state index contributed by atoms with van der Waals surface area (Å²) in [5.41, 5.74) is 0.951. The minimum atomic E-state index is 0.00660. The Morgan fingerprint density at radius 3 is 3.17 bits per heavy atom. The molecule has 4 nitrogen and oxygen atoms in total. The molecule has 0 radical (unpaired) electrons. The first-order valence-electron chi connectivity index (χ1n) is 6.40. The van der Waals surface area contributed by atoms with E-state index < -0.39 is 0 Å². The maximum atomic E-state index is 11.7. The minimum Gasteiger partial charge on any atom is -0.353 e. The lowest BCUT2D eigenvalue weighted by Crippen LogP contribution is -2.54. The van der Waals surface area contributed by atoms with Gasteiger partial charge in [-0.15, -0.1) is 0 Å². The molecular weight excluding hydrogens is 226 g/mol. The molecule has 0 spiro atoms. The van der Waals surface area contributed by atoms with Crippen molar-refractivity contribution in [2.24, 2.45) is 0 Å². The molecule has 96 valence electrons. The molecule has 2 rings (SSSR count). The van der Waals surface area contributed by atoms with E-state index in [9.17, 15) is 4.79 Å². The Labute approximate surface area is 108 Å². The smallest absolute Gasteiger partial charge is 0.237 e. The van der Waals surface area contributed by atoms with Crippen molar-refractivity contribution in [1.29, 1.82) is 0 Å². The van der Waals surface area contributed by atoms with Crippen LogP contribution in [0.2, 0.25) is 0 Å². The van der Waals surface area contributed by atoms with E-state index in [1.165, 1.54) is 0 Å². The monoisotopic (exact) mass is 245 g/mol. The fourth-order valence-corrected chi connectivity index (χ4v) is 2.21. The van der Waals surface area contributed by atoms with Crippen LogP contribution in [0.4, 0.5) is 0 Å². The van der Waals surface area contributed by atoms with E-state index in [2.05, 4.69) is 21.3 Å². The number of aromatic nitrogens is 1. The first-order chi connectivity index (χ1) is 8.81.